The third-order valence-corrected chi connectivity index (χ3v) is 5.62. The molecule has 0 N–H and O–H groups in total. The standard InChI is InChI=1S/C28H30ClN3O3/c1-3-5-6-27-30-28(21-7-13-24(14-8-21)34-20-19-33-4-2)31-32(27)23-11-17-26(18-12-23)35-25-15-9-22(29)10-16-25/h7-18H,3-6,19-20H2,1-2H3. The number of hydrogen-bond acceptors (Lipinski definition) is 5. The van der Waals surface area contributed by atoms with Crippen LogP contribution in [0.15, 0.2) is 72.8 Å². The van der Waals surface area contributed by atoms with Gasteiger partial charge in [-0.05, 0) is 86.1 Å². The molecule has 0 radical (unpaired) electrons. The van der Waals surface area contributed by atoms with Crippen molar-refractivity contribution in [2.75, 3.05) is 19.8 Å². The van der Waals surface area contributed by atoms with E-state index in [1.807, 2.05) is 84.4 Å². The van der Waals surface area contributed by atoms with Gasteiger partial charge in [-0.1, -0.05) is 24.9 Å². The number of aromatic nitrogens is 3. The van der Waals surface area contributed by atoms with Gasteiger partial charge in [0.25, 0.3) is 0 Å². The molecule has 4 rings (SSSR count). The fraction of sp³-hybridized carbons (Fsp3) is 0.286. The van der Waals surface area contributed by atoms with Gasteiger partial charge < -0.3 is 14.2 Å². The lowest BCUT2D eigenvalue weighted by Crippen LogP contribution is -2.06. The van der Waals surface area contributed by atoms with Crippen LogP contribution in [0.1, 0.15) is 32.5 Å². The van der Waals surface area contributed by atoms with E-state index >= 15 is 0 Å². The van der Waals surface area contributed by atoms with Crippen molar-refractivity contribution in [3.8, 4) is 34.3 Å². The molecule has 7 heteroatoms. The second kappa shape index (κ2) is 12.4. The molecule has 0 unspecified atom stereocenters. The summed E-state index contributed by atoms with van der Waals surface area (Å²) in [4.78, 5) is 4.86. The summed E-state index contributed by atoms with van der Waals surface area (Å²) in [5.74, 6) is 3.91. The number of ether oxygens (including phenoxy) is 3. The first-order chi connectivity index (χ1) is 17.2. The second-order valence-electron chi connectivity index (χ2n) is 7.99. The maximum absolute atomic E-state index is 5.96. The van der Waals surface area contributed by atoms with Crippen molar-refractivity contribution in [3.05, 3.63) is 83.6 Å². The maximum atomic E-state index is 5.96. The third-order valence-electron chi connectivity index (χ3n) is 5.37. The summed E-state index contributed by atoms with van der Waals surface area (Å²) in [5.41, 5.74) is 1.88. The largest absolute Gasteiger partial charge is 0.491 e. The summed E-state index contributed by atoms with van der Waals surface area (Å²) >= 11 is 5.96. The van der Waals surface area contributed by atoms with E-state index in [9.17, 15) is 0 Å². The Morgan fingerprint density at radius 1 is 0.800 bits per heavy atom. The molecule has 0 saturated carbocycles. The van der Waals surface area contributed by atoms with Crippen LogP contribution in [-0.4, -0.2) is 34.6 Å². The van der Waals surface area contributed by atoms with Crippen LogP contribution >= 0.6 is 11.6 Å². The SMILES string of the molecule is CCCCc1nc(-c2ccc(OCCOCC)cc2)nn1-c1ccc(Oc2ccc(Cl)cc2)cc1. The van der Waals surface area contributed by atoms with E-state index in [0.29, 0.717) is 30.7 Å². The Morgan fingerprint density at radius 3 is 2.11 bits per heavy atom. The van der Waals surface area contributed by atoms with Gasteiger partial charge in [0.15, 0.2) is 5.82 Å². The minimum absolute atomic E-state index is 0.527. The first kappa shape index (κ1) is 24.8. The summed E-state index contributed by atoms with van der Waals surface area (Å²) in [6.45, 7) is 5.94. The zero-order chi connectivity index (χ0) is 24.5. The Hall–Kier alpha value is -3.35. The van der Waals surface area contributed by atoms with E-state index in [1.54, 1.807) is 0 Å². The number of aryl methyl sites for hydroxylation is 1. The predicted octanol–water partition coefficient (Wildman–Crippen LogP) is 7.14. The van der Waals surface area contributed by atoms with Crippen LogP contribution in [0.3, 0.4) is 0 Å². The molecule has 0 spiro atoms. The fourth-order valence-electron chi connectivity index (χ4n) is 3.53. The molecular weight excluding hydrogens is 462 g/mol. The highest BCUT2D eigenvalue weighted by atomic mass is 35.5. The number of halogens is 1. The normalized spacial score (nSPS) is 10.9. The fourth-order valence-corrected chi connectivity index (χ4v) is 3.65. The van der Waals surface area contributed by atoms with Crippen molar-refractivity contribution in [2.24, 2.45) is 0 Å². The van der Waals surface area contributed by atoms with E-state index < -0.39 is 0 Å². The van der Waals surface area contributed by atoms with E-state index in [-0.39, 0.29) is 0 Å². The molecule has 3 aromatic carbocycles. The molecule has 1 heterocycles. The van der Waals surface area contributed by atoms with E-state index in [0.717, 1.165) is 53.6 Å². The topological polar surface area (TPSA) is 58.4 Å². The van der Waals surface area contributed by atoms with Crippen molar-refractivity contribution in [2.45, 2.75) is 33.1 Å². The third kappa shape index (κ3) is 6.84. The first-order valence-electron chi connectivity index (χ1n) is 12.0. The molecule has 1 aromatic heterocycles. The summed E-state index contributed by atoms with van der Waals surface area (Å²) in [6.07, 6.45) is 2.98. The number of nitrogens with zero attached hydrogens (tertiary/aromatic N) is 3. The highest BCUT2D eigenvalue weighted by molar-refractivity contribution is 6.30. The highest BCUT2D eigenvalue weighted by Gasteiger charge is 2.13. The van der Waals surface area contributed by atoms with Crippen molar-refractivity contribution in [3.63, 3.8) is 0 Å². The van der Waals surface area contributed by atoms with Crippen LogP contribution < -0.4 is 9.47 Å². The molecular formula is C28H30ClN3O3. The minimum Gasteiger partial charge on any atom is -0.491 e. The van der Waals surface area contributed by atoms with Crippen LogP contribution in [0, 0.1) is 0 Å². The number of rotatable bonds is 12. The molecule has 0 saturated heterocycles. The van der Waals surface area contributed by atoms with Gasteiger partial charge in [0.2, 0.25) is 0 Å². The van der Waals surface area contributed by atoms with Crippen LogP contribution in [-0.2, 0) is 11.2 Å². The van der Waals surface area contributed by atoms with Gasteiger partial charge in [0, 0.05) is 23.6 Å². The van der Waals surface area contributed by atoms with Crippen molar-refractivity contribution >= 4 is 11.6 Å². The van der Waals surface area contributed by atoms with E-state index in [4.69, 9.17) is 35.9 Å². The predicted molar refractivity (Wildman–Crippen MR) is 139 cm³/mol. The Kier molecular flexibility index (Phi) is 8.76. The summed E-state index contributed by atoms with van der Waals surface area (Å²) < 4.78 is 18.9. The van der Waals surface area contributed by atoms with Gasteiger partial charge in [-0.25, -0.2) is 9.67 Å². The summed E-state index contributed by atoms with van der Waals surface area (Å²) in [6, 6.07) is 23.0. The molecule has 0 fully saturated rings. The molecule has 182 valence electrons. The Morgan fingerprint density at radius 2 is 1.46 bits per heavy atom. The van der Waals surface area contributed by atoms with Crippen molar-refractivity contribution < 1.29 is 14.2 Å². The van der Waals surface area contributed by atoms with Gasteiger partial charge in [-0.2, -0.15) is 0 Å². The lowest BCUT2D eigenvalue weighted by atomic mass is 10.2. The molecule has 35 heavy (non-hydrogen) atoms. The average molecular weight is 492 g/mol. The second-order valence-corrected chi connectivity index (χ2v) is 8.42. The first-order valence-corrected chi connectivity index (χ1v) is 12.3. The number of benzene rings is 3. The number of unbranched alkanes of at least 4 members (excludes halogenated alkanes) is 1. The van der Waals surface area contributed by atoms with Gasteiger partial charge >= 0.3 is 0 Å². The van der Waals surface area contributed by atoms with Crippen molar-refractivity contribution in [1.82, 2.24) is 14.8 Å². The molecule has 6 nitrogen and oxygen atoms in total. The van der Waals surface area contributed by atoms with Crippen LogP contribution in [0.4, 0.5) is 0 Å². The van der Waals surface area contributed by atoms with Crippen LogP contribution in [0.5, 0.6) is 17.2 Å². The monoisotopic (exact) mass is 491 g/mol. The molecule has 0 aliphatic carbocycles. The molecule has 0 amide bonds. The van der Waals surface area contributed by atoms with E-state index in [2.05, 4.69) is 6.92 Å². The number of hydrogen-bond donors (Lipinski definition) is 0. The highest BCUT2D eigenvalue weighted by Crippen LogP contribution is 2.26. The molecule has 0 aliphatic heterocycles. The van der Waals surface area contributed by atoms with Gasteiger partial charge in [0.05, 0.1) is 12.3 Å². The zero-order valence-electron chi connectivity index (χ0n) is 20.1. The Labute approximate surface area is 211 Å². The van der Waals surface area contributed by atoms with Gasteiger partial charge in [-0.3, -0.25) is 0 Å². The molecule has 4 aromatic rings. The smallest absolute Gasteiger partial charge is 0.181 e. The minimum atomic E-state index is 0.527. The van der Waals surface area contributed by atoms with Crippen LogP contribution in [0.2, 0.25) is 5.02 Å². The Bertz CT molecular complexity index is 1190. The lowest BCUT2D eigenvalue weighted by Gasteiger charge is -2.08. The Balaban J connectivity index is 1.51. The molecule has 0 atom stereocenters. The van der Waals surface area contributed by atoms with Gasteiger partial charge in [-0.15, -0.1) is 5.10 Å². The zero-order valence-corrected chi connectivity index (χ0v) is 20.9. The molecule has 0 aliphatic rings. The average Bonchev–Trinajstić information content (AvgIpc) is 3.32. The van der Waals surface area contributed by atoms with E-state index in [1.165, 1.54) is 0 Å². The lowest BCUT2D eigenvalue weighted by molar-refractivity contribution is 0.110. The molecule has 0 bridgehead atoms. The summed E-state index contributed by atoms with van der Waals surface area (Å²) in [7, 11) is 0. The summed E-state index contributed by atoms with van der Waals surface area (Å²) in [5, 5.41) is 5.51. The maximum Gasteiger partial charge on any atom is 0.181 e. The van der Waals surface area contributed by atoms with Crippen molar-refractivity contribution in [1.29, 1.82) is 0 Å². The van der Waals surface area contributed by atoms with Crippen LogP contribution in [0.25, 0.3) is 17.1 Å². The van der Waals surface area contributed by atoms with Gasteiger partial charge in [0.1, 0.15) is 29.7 Å². The quantitative estimate of drug-likeness (QED) is 0.197.